The lowest BCUT2D eigenvalue weighted by Crippen LogP contribution is -2.03. The molecule has 0 spiro atoms. The maximum absolute atomic E-state index is 5.66. The zero-order chi connectivity index (χ0) is 15.7. The lowest BCUT2D eigenvalue weighted by molar-refractivity contribution is -0.0616. The van der Waals surface area contributed by atoms with Crippen LogP contribution in [0.15, 0.2) is 72.8 Å². The van der Waals surface area contributed by atoms with Crippen LogP contribution in [-0.4, -0.2) is 13.4 Å². The first-order valence-corrected chi connectivity index (χ1v) is 8.09. The topological polar surface area (TPSA) is 18.5 Å². The Kier molecular flexibility index (Phi) is 5.79. The number of aryl methyl sites for hydroxylation is 1. The molecular weight excluding hydrogens is 284 g/mol. The highest BCUT2D eigenvalue weighted by Gasteiger charge is 2.00. The zero-order valence-electron chi connectivity index (χ0n) is 13.3. The number of rotatable bonds is 8. The van der Waals surface area contributed by atoms with Gasteiger partial charge < -0.3 is 9.47 Å². The molecule has 0 heterocycles. The molecule has 118 valence electrons. The van der Waals surface area contributed by atoms with Gasteiger partial charge in [-0.15, -0.1) is 0 Å². The van der Waals surface area contributed by atoms with E-state index in [9.17, 15) is 0 Å². The van der Waals surface area contributed by atoms with Crippen LogP contribution in [0.1, 0.15) is 17.5 Å². The van der Waals surface area contributed by atoms with Crippen molar-refractivity contribution in [3.8, 4) is 0 Å². The molecule has 3 aromatic rings. The van der Waals surface area contributed by atoms with Gasteiger partial charge in [-0.25, -0.2) is 0 Å². The molecule has 2 heteroatoms. The molecule has 0 aromatic heterocycles. The van der Waals surface area contributed by atoms with Crippen LogP contribution in [0.4, 0.5) is 0 Å². The van der Waals surface area contributed by atoms with Gasteiger partial charge in [-0.05, 0) is 34.7 Å². The van der Waals surface area contributed by atoms with Crippen LogP contribution >= 0.6 is 0 Å². The van der Waals surface area contributed by atoms with Crippen molar-refractivity contribution in [3.05, 3.63) is 83.9 Å². The third-order valence-electron chi connectivity index (χ3n) is 3.90. The first-order valence-electron chi connectivity index (χ1n) is 8.09. The highest BCUT2D eigenvalue weighted by molar-refractivity contribution is 5.85. The van der Waals surface area contributed by atoms with Gasteiger partial charge >= 0.3 is 0 Å². The molecule has 0 N–H and O–H groups in total. The predicted octanol–water partition coefficient (Wildman–Crippen LogP) is 4.96. The van der Waals surface area contributed by atoms with Crippen molar-refractivity contribution in [2.45, 2.75) is 19.4 Å². The van der Waals surface area contributed by atoms with Gasteiger partial charge in [-0.3, -0.25) is 0 Å². The average Bonchev–Trinajstić information content (AvgIpc) is 2.62. The second kappa shape index (κ2) is 8.47. The number of hydrogen-bond donors (Lipinski definition) is 0. The Morgan fingerprint density at radius 3 is 2.39 bits per heavy atom. The van der Waals surface area contributed by atoms with Crippen LogP contribution in [0, 0.1) is 0 Å². The molecule has 0 amide bonds. The summed E-state index contributed by atoms with van der Waals surface area (Å²) in [5, 5.41) is 2.50. The predicted molar refractivity (Wildman–Crippen MR) is 94.3 cm³/mol. The van der Waals surface area contributed by atoms with Crippen LogP contribution in [0.3, 0.4) is 0 Å². The first-order chi connectivity index (χ1) is 11.4. The van der Waals surface area contributed by atoms with Crippen molar-refractivity contribution in [1.29, 1.82) is 0 Å². The monoisotopic (exact) mass is 306 g/mol. The number of benzene rings is 3. The maximum Gasteiger partial charge on any atom is 0.147 e. The summed E-state index contributed by atoms with van der Waals surface area (Å²) in [5.41, 5.74) is 2.56. The lowest BCUT2D eigenvalue weighted by atomic mass is 10.1. The Bertz CT molecular complexity index is 717. The van der Waals surface area contributed by atoms with E-state index in [1.54, 1.807) is 0 Å². The summed E-state index contributed by atoms with van der Waals surface area (Å²) in [6.07, 6.45) is 2.06. The van der Waals surface area contributed by atoms with Crippen molar-refractivity contribution in [3.63, 3.8) is 0 Å². The fraction of sp³-hybridized carbons (Fsp3) is 0.238. The van der Waals surface area contributed by atoms with Crippen molar-refractivity contribution in [2.75, 3.05) is 13.4 Å². The molecule has 3 aromatic carbocycles. The van der Waals surface area contributed by atoms with Crippen LogP contribution in [0.25, 0.3) is 10.8 Å². The zero-order valence-corrected chi connectivity index (χ0v) is 13.3. The Morgan fingerprint density at radius 2 is 1.48 bits per heavy atom. The minimum Gasteiger partial charge on any atom is -0.355 e. The second-order valence-corrected chi connectivity index (χ2v) is 5.60. The number of fused-ring (bicyclic) bond motifs is 1. The van der Waals surface area contributed by atoms with Gasteiger partial charge in [0.1, 0.15) is 6.79 Å². The minimum atomic E-state index is 0.345. The fourth-order valence-corrected chi connectivity index (χ4v) is 2.71. The van der Waals surface area contributed by atoms with Gasteiger partial charge in [-0.2, -0.15) is 0 Å². The molecule has 3 rings (SSSR count). The quantitative estimate of drug-likeness (QED) is 0.432. The van der Waals surface area contributed by atoms with E-state index in [0.29, 0.717) is 13.4 Å². The Balaban J connectivity index is 1.37. The van der Waals surface area contributed by atoms with Gasteiger partial charge in [0.15, 0.2) is 0 Å². The molecule has 0 saturated heterocycles. The van der Waals surface area contributed by atoms with E-state index in [4.69, 9.17) is 9.47 Å². The largest absolute Gasteiger partial charge is 0.355 e. The molecule has 0 bridgehead atoms. The summed E-state index contributed by atoms with van der Waals surface area (Å²) < 4.78 is 11.2. The smallest absolute Gasteiger partial charge is 0.147 e. The summed E-state index contributed by atoms with van der Waals surface area (Å²) in [7, 11) is 0. The van der Waals surface area contributed by atoms with E-state index >= 15 is 0 Å². The second-order valence-electron chi connectivity index (χ2n) is 5.60. The normalized spacial score (nSPS) is 11.0. The molecule has 0 aliphatic heterocycles. The van der Waals surface area contributed by atoms with Gasteiger partial charge in [-0.1, -0.05) is 72.8 Å². The van der Waals surface area contributed by atoms with E-state index in [-0.39, 0.29) is 0 Å². The lowest BCUT2D eigenvalue weighted by Gasteiger charge is -2.08. The molecule has 2 nitrogen and oxygen atoms in total. The van der Waals surface area contributed by atoms with E-state index in [0.717, 1.165) is 19.4 Å². The van der Waals surface area contributed by atoms with E-state index in [1.807, 2.05) is 6.07 Å². The molecule has 0 saturated carbocycles. The SMILES string of the molecule is c1ccc(CCCOCOCc2cccc3ccccc23)cc1. The van der Waals surface area contributed by atoms with Gasteiger partial charge in [0.2, 0.25) is 0 Å². The maximum atomic E-state index is 5.66. The summed E-state index contributed by atoms with van der Waals surface area (Å²) in [6.45, 7) is 1.66. The number of hydrogen-bond acceptors (Lipinski definition) is 2. The molecule has 23 heavy (non-hydrogen) atoms. The Labute approximate surface area is 137 Å². The third kappa shape index (κ3) is 4.65. The minimum absolute atomic E-state index is 0.345. The molecule has 0 aliphatic carbocycles. The van der Waals surface area contributed by atoms with Crippen molar-refractivity contribution in [1.82, 2.24) is 0 Å². The van der Waals surface area contributed by atoms with Crippen LogP contribution < -0.4 is 0 Å². The van der Waals surface area contributed by atoms with Gasteiger partial charge in [0.25, 0.3) is 0 Å². The standard InChI is InChI=1S/C21H22O2/c1-2-8-18(9-3-1)10-7-15-22-17-23-16-20-13-6-12-19-11-4-5-14-21(19)20/h1-6,8-9,11-14H,7,10,15-17H2. The third-order valence-corrected chi connectivity index (χ3v) is 3.90. The highest BCUT2D eigenvalue weighted by Crippen LogP contribution is 2.19. The van der Waals surface area contributed by atoms with Crippen molar-refractivity contribution < 1.29 is 9.47 Å². The molecular formula is C21H22O2. The molecule has 0 fully saturated rings. The van der Waals surface area contributed by atoms with E-state index in [2.05, 4.69) is 66.7 Å². The highest BCUT2D eigenvalue weighted by atomic mass is 16.7. The Morgan fingerprint density at radius 1 is 0.696 bits per heavy atom. The van der Waals surface area contributed by atoms with Gasteiger partial charge in [0.05, 0.1) is 6.61 Å². The molecule has 0 radical (unpaired) electrons. The summed E-state index contributed by atoms with van der Waals surface area (Å²) in [5.74, 6) is 0. The number of ether oxygens (including phenoxy) is 2. The summed E-state index contributed by atoms with van der Waals surface area (Å²) in [4.78, 5) is 0. The summed E-state index contributed by atoms with van der Waals surface area (Å²) >= 11 is 0. The van der Waals surface area contributed by atoms with Crippen molar-refractivity contribution >= 4 is 10.8 Å². The molecule has 0 atom stereocenters. The Hall–Kier alpha value is -2.16. The molecule has 0 aliphatic rings. The average molecular weight is 306 g/mol. The molecule has 0 unspecified atom stereocenters. The van der Waals surface area contributed by atoms with E-state index in [1.165, 1.54) is 21.9 Å². The summed E-state index contributed by atoms with van der Waals surface area (Å²) in [6, 6.07) is 25.2. The van der Waals surface area contributed by atoms with Crippen molar-refractivity contribution in [2.24, 2.45) is 0 Å². The fourth-order valence-electron chi connectivity index (χ4n) is 2.71. The first kappa shape index (κ1) is 15.7. The van der Waals surface area contributed by atoms with Crippen LogP contribution in [0.5, 0.6) is 0 Å². The van der Waals surface area contributed by atoms with Crippen LogP contribution in [0.2, 0.25) is 0 Å². The van der Waals surface area contributed by atoms with Gasteiger partial charge in [0, 0.05) is 6.61 Å². The van der Waals surface area contributed by atoms with Crippen LogP contribution in [-0.2, 0) is 22.5 Å². The van der Waals surface area contributed by atoms with E-state index < -0.39 is 0 Å².